The third-order valence-electron chi connectivity index (χ3n) is 3.46. The summed E-state index contributed by atoms with van der Waals surface area (Å²) in [7, 11) is 0. The fourth-order valence-electron chi connectivity index (χ4n) is 2.05. The minimum Gasteiger partial charge on any atom is -0.459 e. The first-order chi connectivity index (χ1) is 10.5. The third-order valence-corrected chi connectivity index (χ3v) is 3.46. The van der Waals surface area contributed by atoms with Crippen LogP contribution < -0.4 is 5.76 Å². The highest BCUT2D eigenvalue weighted by atomic mass is 16.4. The summed E-state index contributed by atoms with van der Waals surface area (Å²) in [6, 6.07) is 8.71. The monoisotopic (exact) mass is 298 g/mol. The standard InChI is InChI=1S/C16H14N2O4/c1-10-5-6-12(8-11(10)2)13(19)9-18-16(20)22-15(17-18)14-4-3-7-21-14/h3-8H,9H2,1-2H3. The van der Waals surface area contributed by atoms with Crippen molar-refractivity contribution in [2.24, 2.45) is 0 Å². The van der Waals surface area contributed by atoms with Gasteiger partial charge in [0, 0.05) is 5.56 Å². The molecule has 0 bridgehead atoms. The van der Waals surface area contributed by atoms with E-state index in [1.807, 2.05) is 19.9 Å². The zero-order valence-electron chi connectivity index (χ0n) is 12.2. The van der Waals surface area contributed by atoms with Crippen molar-refractivity contribution in [1.82, 2.24) is 9.78 Å². The van der Waals surface area contributed by atoms with E-state index in [4.69, 9.17) is 8.83 Å². The zero-order chi connectivity index (χ0) is 15.7. The van der Waals surface area contributed by atoms with Crippen molar-refractivity contribution >= 4 is 5.78 Å². The number of carbonyl (C=O) groups is 1. The normalized spacial score (nSPS) is 10.8. The Balaban J connectivity index is 1.85. The van der Waals surface area contributed by atoms with Crippen LogP contribution in [-0.2, 0) is 6.54 Å². The van der Waals surface area contributed by atoms with Crippen LogP contribution in [0.2, 0.25) is 0 Å². The minimum atomic E-state index is -0.691. The van der Waals surface area contributed by atoms with Gasteiger partial charge in [0.1, 0.15) is 6.54 Å². The van der Waals surface area contributed by atoms with Crippen LogP contribution in [0.5, 0.6) is 0 Å². The van der Waals surface area contributed by atoms with Gasteiger partial charge in [-0.2, -0.15) is 4.68 Å². The molecule has 0 fully saturated rings. The van der Waals surface area contributed by atoms with Gasteiger partial charge in [-0.3, -0.25) is 4.79 Å². The molecule has 6 nitrogen and oxygen atoms in total. The first kappa shape index (κ1) is 14.1. The molecule has 2 aromatic heterocycles. The van der Waals surface area contributed by atoms with Crippen LogP contribution in [0.1, 0.15) is 21.5 Å². The average molecular weight is 298 g/mol. The molecule has 0 atom stereocenters. The van der Waals surface area contributed by atoms with Crippen LogP contribution in [0, 0.1) is 13.8 Å². The fourth-order valence-corrected chi connectivity index (χ4v) is 2.05. The van der Waals surface area contributed by atoms with Crippen LogP contribution in [0.25, 0.3) is 11.7 Å². The molecule has 0 amide bonds. The summed E-state index contributed by atoms with van der Waals surface area (Å²) < 4.78 is 11.1. The molecule has 0 saturated heterocycles. The number of furan rings is 1. The summed E-state index contributed by atoms with van der Waals surface area (Å²) in [6.45, 7) is 3.73. The van der Waals surface area contributed by atoms with E-state index in [-0.39, 0.29) is 18.2 Å². The Hall–Kier alpha value is -2.89. The van der Waals surface area contributed by atoms with Crippen molar-refractivity contribution in [1.29, 1.82) is 0 Å². The summed E-state index contributed by atoms with van der Waals surface area (Å²) in [5, 5.41) is 3.98. The molecule has 3 aromatic rings. The lowest BCUT2D eigenvalue weighted by molar-refractivity contribution is 0.0965. The highest BCUT2D eigenvalue weighted by Gasteiger charge is 2.16. The second-order valence-electron chi connectivity index (χ2n) is 5.03. The van der Waals surface area contributed by atoms with Crippen LogP contribution >= 0.6 is 0 Å². The number of hydrogen-bond donors (Lipinski definition) is 0. The molecule has 0 radical (unpaired) electrons. The number of benzene rings is 1. The van der Waals surface area contributed by atoms with Gasteiger partial charge in [0.2, 0.25) is 0 Å². The summed E-state index contributed by atoms with van der Waals surface area (Å²) in [5.41, 5.74) is 2.67. The molecule has 112 valence electrons. The van der Waals surface area contributed by atoms with E-state index in [1.165, 1.54) is 6.26 Å². The topological polar surface area (TPSA) is 78.2 Å². The number of carbonyl (C=O) groups excluding carboxylic acids is 1. The molecule has 0 N–H and O–H groups in total. The van der Waals surface area contributed by atoms with Crippen LogP contribution in [0.3, 0.4) is 0 Å². The van der Waals surface area contributed by atoms with E-state index < -0.39 is 5.76 Å². The van der Waals surface area contributed by atoms with Crippen molar-refractivity contribution in [3.8, 4) is 11.7 Å². The molecule has 0 saturated carbocycles. The molecule has 1 aromatic carbocycles. The molecule has 22 heavy (non-hydrogen) atoms. The van der Waals surface area contributed by atoms with Gasteiger partial charge in [-0.15, -0.1) is 5.10 Å². The van der Waals surface area contributed by atoms with Crippen molar-refractivity contribution in [2.45, 2.75) is 20.4 Å². The maximum absolute atomic E-state index is 12.3. The van der Waals surface area contributed by atoms with Gasteiger partial charge >= 0.3 is 5.76 Å². The van der Waals surface area contributed by atoms with Gasteiger partial charge in [0.15, 0.2) is 11.5 Å². The number of aromatic nitrogens is 2. The molecule has 6 heteroatoms. The molecule has 0 spiro atoms. The highest BCUT2D eigenvalue weighted by Crippen LogP contribution is 2.15. The lowest BCUT2D eigenvalue weighted by Crippen LogP contribution is -2.21. The molecule has 0 aliphatic rings. The van der Waals surface area contributed by atoms with Crippen LogP contribution in [0.4, 0.5) is 0 Å². The van der Waals surface area contributed by atoms with Gasteiger partial charge < -0.3 is 8.83 Å². The molecular weight excluding hydrogens is 284 g/mol. The van der Waals surface area contributed by atoms with Crippen molar-refractivity contribution < 1.29 is 13.6 Å². The second kappa shape index (κ2) is 5.48. The van der Waals surface area contributed by atoms with Crippen LogP contribution in [-0.4, -0.2) is 15.6 Å². The molecule has 0 unspecified atom stereocenters. The molecule has 2 heterocycles. The first-order valence-electron chi connectivity index (χ1n) is 6.77. The summed E-state index contributed by atoms with van der Waals surface area (Å²) in [6.07, 6.45) is 1.45. The predicted octanol–water partition coefficient (Wildman–Crippen LogP) is 2.60. The van der Waals surface area contributed by atoms with Gasteiger partial charge in [-0.05, 0) is 43.2 Å². The van der Waals surface area contributed by atoms with E-state index in [0.717, 1.165) is 15.8 Å². The molecular formula is C16H14N2O4. The predicted molar refractivity (Wildman–Crippen MR) is 78.7 cm³/mol. The molecule has 3 rings (SSSR count). The zero-order valence-corrected chi connectivity index (χ0v) is 12.2. The van der Waals surface area contributed by atoms with Crippen molar-refractivity contribution in [3.05, 3.63) is 63.8 Å². The van der Waals surface area contributed by atoms with E-state index in [1.54, 1.807) is 24.3 Å². The Morgan fingerprint density at radius 1 is 1.23 bits per heavy atom. The van der Waals surface area contributed by atoms with Crippen LogP contribution in [0.15, 0.2) is 50.2 Å². The number of aryl methyl sites for hydroxylation is 2. The number of ketones is 1. The van der Waals surface area contributed by atoms with E-state index in [2.05, 4.69) is 5.10 Å². The quantitative estimate of drug-likeness (QED) is 0.692. The number of hydrogen-bond acceptors (Lipinski definition) is 5. The molecule has 0 aliphatic carbocycles. The fraction of sp³-hybridized carbons (Fsp3) is 0.188. The number of rotatable bonds is 4. The lowest BCUT2D eigenvalue weighted by Gasteiger charge is -2.03. The summed E-state index contributed by atoms with van der Waals surface area (Å²) in [5.74, 6) is -0.495. The van der Waals surface area contributed by atoms with Gasteiger partial charge in [-0.1, -0.05) is 12.1 Å². The Morgan fingerprint density at radius 2 is 2.05 bits per heavy atom. The average Bonchev–Trinajstić information content (AvgIpc) is 3.12. The van der Waals surface area contributed by atoms with Crippen molar-refractivity contribution in [3.63, 3.8) is 0 Å². The Morgan fingerprint density at radius 3 is 2.73 bits per heavy atom. The number of nitrogens with zero attached hydrogens (tertiary/aromatic N) is 2. The largest absolute Gasteiger partial charge is 0.459 e. The van der Waals surface area contributed by atoms with E-state index in [0.29, 0.717) is 11.3 Å². The van der Waals surface area contributed by atoms with E-state index in [9.17, 15) is 9.59 Å². The van der Waals surface area contributed by atoms with Gasteiger partial charge in [0.25, 0.3) is 5.89 Å². The SMILES string of the molecule is Cc1ccc(C(=O)Cn2nc(-c3ccco3)oc2=O)cc1C. The Kier molecular flexibility index (Phi) is 3.50. The Labute approximate surface area is 126 Å². The maximum atomic E-state index is 12.3. The molecule has 0 aliphatic heterocycles. The van der Waals surface area contributed by atoms with Crippen molar-refractivity contribution in [2.75, 3.05) is 0 Å². The summed E-state index contributed by atoms with van der Waals surface area (Å²) >= 11 is 0. The summed E-state index contributed by atoms with van der Waals surface area (Å²) in [4.78, 5) is 24.0. The highest BCUT2D eigenvalue weighted by molar-refractivity contribution is 5.96. The number of Topliss-reactive ketones (excluding diaryl/α,β-unsaturated/α-hetero) is 1. The van der Waals surface area contributed by atoms with E-state index >= 15 is 0 Å². The third kappa shape index (κ3) is 2.63. The minimum absolute atomic E-state index is 0.0582. The smallest absolute Gasteiger partial charge is 0.437 e. The lowest BCUT2D eigenvalue weighted by atomic mass is 10.0. The van der Waals surface area contributed by atoms with Gasteiger partial charge in [-0.25, -0.2) is 4.79 Å². The first-order valence-corrected chi connectivity index (χ1v) is 6.77. The maximum Gasteiger partial charge on any atom is 0.437 e. The Bertz CT molecular complexity index is 872. The second-order valence-corrected chi connectivity index (χ2v) is 5.03. The van der Waals surface area contributed by atoms with Gasteiger partial charge in [0.05, 0.1) is 6.26 Å².